The molecular formula is C13H20N4OS. The molecule has 2 aliphatic rings. The van der Waals surface area contributed by atoms with Crippen LogP contribution in [0.1, 0.15) is 44.9 Å². The zero-order chi connectivity index (χ0) is 13.1. The van der Waals surface area contributed by atoms with Crippen molar-refractivity contribution < 1.29 is 4.79 Å². The summed E-state index contributed by atoms with van der Waals surface area (Å²) in [5.41, 5.74) is 0. The fourth-order valence-electron chi connectivity index (χ4n) is 2.90. The largest absolute Gasteiger partial charge is 0.295 e. The molecule has 0 atom stereocenters. The van der Waals surface area contributed by atoms with E-state index in [0.29, 0.717) is 12.4 Å². The Bertz CT molecular complexity index is 453. The van der Waals surface area contributed by atoms with Crippen LogP contribution in [0.5, 0.6) is 0 Å². The van der Waals surface area contributed by atoms with Crippen LogP contribution in [0.25, 0.3) is 0 Å². The van der Waals surface area contributed by atoms with Gasteiger partial charge in [-0.25, -0.2) is 0 Å². The molecule has 2 heterocycles. The standard InChI is InChI=1S/C13H20N4OS/c18-11(7-6-10-4-1-2-5-10)14-12-15-16-13-17(12)8-3-9-19-13/h10H,1-9H2,(H,14,15,18). The van der Waals surface area contributed by atoms with Crippen LogP contribution in [0.2, 0.25) is 0 Å². The predicted octanol–water partition coefficient (Wildman–Crippen LogP) is 2.68. The number of amides is 1. The van der Waals surface area contributed by atoms with Crippen molar-refractivity contribution in [2.45, 2.75) is 56.6 Å². The fraction of sp³-hybridized carbons (Fsp3) is 0.769. The van der Waals surface area contributed by atoms with Gasteiger partial charge in [0.25, 0.3) is 0 Å². The first-order valence-corrected chi connectivity index (χ1v) is 8.17. The third-order valence-electron chi connectivity index (χ3n) is 3.98. The van der Waals surface area contributed by atoms with Crippen LogP contribution >= 0.6 is 11.8 Å². The maximum atomic E-state index is 12.0. The van der Waals surface area contributed by atoms with Gasteiger partial charge in [0.1, 0.15) is 0 Å². The van der Waals surface area contributed by atoms with Crippen LogP contribution in [-0.4, -0.2) is 26.4 Å². The van der Waals surface area contributed by atoms with E-state index in [0.717, 1.165) is 36.2 Å². The van der Waals surface area contributed by atoms with Gasteiger partial charge in [-0.05, 0) is 18.8 Å². The minimum absolute atomic E-state index is 0.0812. The van der Waals surface area contributed by atoms with Crippen LogP contribution in [0.4, 0.5) is 5.95 Å². The second-order valence-electron chi connectivity index (χ2n) is 5.40. The van der Waals surface area contributed by atoms with Gasteiger partial charge in [0.05, 0.1) is 0 Å². The van der Waals surface area contributed by atoms with E-state index >= 15 is 0 Å². The lowest BCUT2D eigenvalue weighted by molar-refractivity contribution is -0.116. The van der Waals surface area contributed by atoms with E-state index in [1.54, 1.807) is 11.8 Å². The van der Waals surface area contributed by atoms with Gasteiger partial charge in [-0.15, -0.1) is 10.2 Å². The van der Waals surface area contributed by atoms with Gasteiger partial charge < -0.3 is 0 Å². The molecule has 1 aromatic rings. The summed E-state index contributed by atoms with van der Waals surface area (Å²) in [7, 11) is 0. The highest BCUT2D eigenvalue weighted by Gasteiger charge is 2.19. The molecule has 0 radical (unpaired) electrons. The number of rotatable bonds is 4. The van der Waals surface area contributed by atoms with Crippen LogP contribution in [0.3, 0.4) is 0 Å². The number of hydrogen-bond donors (Lipinski definition) is 1. The summed E-state index contributed by atoms with van der Waals surface area (Å²) in [6.45, 7) is 0.910. The minimum Gasteiger partial charge on any atom is -0.295 e. The second-order valence-corrected chi connectivity index (χ2v) is 6.46. The summed E-state index contributed by atoms with van der Waals surface area (Å²) in [4.78, 5) is 12.0. The van der Waals surface area contributed by atoms with E-state index in [1.165, 1.54) is 25.7 Å². The molecule has 0 unspecified atom stereocenters. The number of carbonyl (C=O) groups is 1. The summed E-state index contributed by atoms with van der Waals surface area (Å²) >= 11 is 1.71. The highest BCUT2D eigenvalue weighted by Crippen LogP contribution is 2.29. The molecule has 0 spiro atoms. The molecule has 1 aliphatic carbocycles. The normalized spacial score (nSPS) is 19.4. The number of carbonyl (C=O) groups excluding carboxylic acids is 1. The molecular weight excluding hydrogens is 260 g/mol. The smallest absolute Gasteiger partial charge is 0.231 e. The summed E-state index contributed by atoms with van der Waals surface area (Å²) in [5, 5.41) is 12.0. The van der Waals surface area contributed by atoms with Crippen molar-refractivity contribution in [1.82, 2.24) is 14.8 Å². The Kier molecular flexibility index (Phi) is 4.06. The van der Waals surface area contributed by atoms with Crippen LogP contribution in [-0.2, 0) is 11.3 Å². The summed E-state index contributed by atoms with van der Waals surface area (Å²) in [6, 6.07) is 0. The Morgan fingerprint density at radius 1 is 1.32 bits per heavy atom. The lowest BCUT2D eigenvalue weighted by Crippen LogP contribution is -2.18. The van der Waals surface area contributed by atoms with E-state index in [9.17, 15) is 4.79 Å². The maximum absolute atomic E-state index is 12.0. The van der Waals surface area contributed by atoms with E-state index in [2.05, 4.69) is 15.5 Å². The molecule has 0 bridgehead atoms. The lowest BCUT2D eigenvalue weighted by atomic mass is 10.0. The third-order valence-corrected chi connectivity index (χ3v) is 5.03. The molecule has 1 N–H and O–H groups in total. The molecule has 1 amide bonds. The second kappa shape index (κ2) is 5.94. The number of nitrogens with zero attached hydrogens (tertiary/aromatic N) is 3. The Hall–Kier alpha value is -1.04. The number of nitrogens with one attached hydrogen (secondary N) is 1. The summed E-state index contributed by atoms with van der Waals surface area (Å²) in [6.07, 6.45) is 8.00. The first-order valence-electron chi connectivity index (χ1n) is 7.19. The van der Waals surface area contributed by atoms with Crippen molar-refractivity contribution in [3.8, 4) is 0 Å². The Labute approximate surface area is 117 Å². The van der Waals surface area contributed by atoms with E-state index in [1.807, 2.05) is 4.57 Å². The lowest BCUT2D eigenvalue weighted by Gasteiger charge is -2.14. The molecule has 0 saturated heterocycles. The number of thioether (sulfide) groups is 1. The highest BCUT2D eigenvalue weighted by atomic mass is 32.2. The zero-order valence-corrected chi connectivity index (χ0v) is 11.9. The van der Waals surface area contributed by atoms with Crippen molar-refractivity contribution in [3.05, 3.63) is 0 Å². The molecule has 19 heavy (non-hydrogen) atoms. The average molecular weight is 280 g/mol. The van der Waals surface area contributed by atoms with Crippen molar-refractivity contribution in [2.24, 2.45) is 5.92 Å². The average Bonchev–Trinajstić information content (AvgIpc) is 3.07. The SMILES string of the molecule is O=C(CCC1CCCC1)Nc1nnc2n1CCCS2. The van der Waals surface area contributed by atoms with Gasteiger partial charge in [-0.2, -0.15) is 0 Å². The summed E-state index contributed by atoms with van der Waals surface area (Å²) in [5.74, 6) is 2.55. The third kappa shape index (κ3) is 3.11. The van der Waals surface area contributed by atoms with Crippen molar-refractivity contribution in [1.29, 1.82) is 0 Å². The molecule has 0 aromatic carbocycles. The quantitative estimate of drug-likeness (QED) is 0.921. The first kappa shape index (κ1) is 13.0. The van der Waals surface area contributed by atoms with Gasteiger partial charge >= 0.3 is 0 Å². The van der Waals surface area contributed by atoms with Gasteiger partial charge in [0.2, 0.25) is 11.9 Å². The molecule has 1 fully saturated rings. The van der Waals surface area contributed by atoms with Crippen molar-refractivity contribution in [2.75, 3.05) is 11.1 Å². The Balaban J connectivity index is 1.52. The van der Waals surface area contributed by atoms with Gasteiger partial charge in [0.15, 0.2) is 5.16 Å². The zero-order valence-electron chi connectivity index (χ0n) is 11.1. The maximum Gasteiger partial charge on any atom is 0.231 e. The van der Waals surface area contributed by atoms with Gasteiger partial charge in [-0.1, -0.05) is 37.4 Å². The number of anilines is 1. The number of aromatic nitrogens is 3. The van der Waals surface area contributed by atoms with E-state index < -0.39 is 0 Å². The van der Waals surface area contributed by atoms with Gasteiger partial charge in [-0.3, -0.25) is 14.7 Å². The van der Waals surface area contributed by atoms with Gasteiger partial charge in [0, 0.05) is 18.7 Å². The number of hydrogen-bond acceptors (Lipinski definition) is 4. The van der Waals surface area contributed by atoms with E-state index in [4.69, 9.17) is 0 Å². The molecule has 1 aliphatic heterocycles. The molecule has 1 saturated carbocycles. The van der Waals surface area contributed by atoms with E-state index in [-0.39, 0.29) is 5.91 Å². The fourth-order valence-corrected chi connectivity index (χ4v) is 3.79. The molecule has 6 heteroatoms. The van der Waals surface area contributed by atoms with Crippen molar-refractivity contribution >= 4 is 23.6 Å². The monoisotopic (exact) mass is 280 g/mol. The first-order chi connectivity index (χ1) is 9.33. The minimum atomic E-state index is 0.0812. The van der Waals surface area contributed by atoms with Crippen LogP contribution in [0.15, 0.2) is 5.16 Å². The molecule has 5 nitrogen and oxygen atoms in total. The molecule has 104 valence electrons. The molecule has 1 aromatic heterocycles. The van der Waals surface area contributed by atoms with Crippen LogP contribution in [0, 0.1) is 5.92 Å². The molecule has 3 rings (SSSR count). The topological polar surface area (TPSA) is 59.8 Å². The van der Waals surface area contributed by atoms with Crippen LogP contribution < -0.4 is 5.32 Å². The Morgan fingerprint density at radius 2 is 2.16 bits per heavy atom. The number of fused-ring (bicyclic) bond motifs is 1. The van der Waals surface area contributed by atoms with Crippen molar-refractivity contribution in [3.63, 3.8) is 0 Å². The predicted molar refractivity (Wildman–Crippen MR) is 75.2 cm³/mol. The Morgan fingerprint density at radius 3 is 3.00 bits per heavy atom. The summed E-state index contributed by atoms with van der Waals surface area (Å²) < 4.78 is 2.02. The highest BCUT2D eigenvalue weighted by molar-refractivity contribution is 7.99.